The minimum absolute atomic E-state index is 0.232. The number of ether oxygens (including phenoxy) is 1. The summed E-state index contributed by atoms with van der Waals surface area (Å²) in [5, 5.41) is 8.82. The highest BCUT2D eigenvalue weighted by Crippen LogP contribution is 2.36. The van der Waals surface area contributed by atoms with Gasteiger partial charge < -0.3 is 4.74 Å². The van der Waals surface area contributed by atoms with E-state index in [-0.39, 0.29) is 5.97 Å². The summed E-state index contributed by atoms with van der Waals surface area (Å²) in [6, 6.07) is 10.1. The molecule has 0 aromatic heterocycles. The molecule has 0 radical (unpaired) electrons. The first-order valence-electron chi connectivity index (χ1n) is 7.49. The lowest BCUT2D eigenvalue weighted by Crippen LogP contribution is -2.12. The zero-order chi connectivity index (χ0) is 15.1. The van der Waals surface area contributed by atoms with E-state index in [0.29, 0.717) is 18.4 Å². The first kappa shape index (κ1) is 15.3. The summed E-state index contributed by atoms with van der Waals surface area (Å²) in [5.41, 5.74) is 2.07. The Morgan fingerprint density at radius 1 is 1.29 bits per heavy atom. The van der Waals surface area contributed by atoms with Crippen LogP contribution < -0.4 is 0 Å². The third-order valence-electron chi connectivity index (χ3n) is 4.07. The Morgan fingerprint density at radius 2 is 1.95 bits per heavy atom. The van der Waals surface area contributed by atoms with Gasteiger partial charge in [-0.25, -0.2) is 0 Å². The molecular weight excluding hydrogens is 262 g/mol. The van der Waals surface area contributed by atoms with Crippen LogP contribution in [0.15, 0.2) is 36.4 Å². The van der Waals surface area contributed by atoms with Gasteiger partial charge in [-0.15, -0.1) is 0 Å². The van der Waals surface area contributed by atoms with Gasteiger partial charge >= 0.3 is 5.97 Å². The molecule has 1 aliphatic rings. The average molecular weight is 283 g/mol. The van der Waals surface area contributed by atoms with Gasteiger partial charge in [0.05, 0.1) is 11.6 Å². The van der Waals surface area contributed by atoms with Crippen molar-refractivity contribution in [3.05, 3.63) is 47.5 Å². The Bertz CT molecular complexity index is 531. The maximum absolute atomic E-state index is 10.7. The van der Waals surface area contributed by atoms with Crippen molar-refractivity contribution in [2.24, 2.45) is 5.92 Å². The quantitative estimate of drug-likeness (QED) is 0.621. The Kier molecular flexibility index (Phi) is 5.57. The molecule has 1 fully saturated rings. The summed E-state index contributed by atoms with van der Waals surface area (Å²) in [4.78, 5) is 10.7. The molecule has 1 aromatic carbocycles. The molecule has 0 spiro atoms. The number of nitrogens with zero attached hydrogens (tertiary/aromatic N) is 1. The first-order chi connectivity index (χ1) is 10.2. The van der Waals surface area contributed by atoms with E-state index in [0.717, 1.165) is 5.56 Å². The largest absolute Gasteiger partial charge is 0.462 e. The van der Waals surface area contributed by atoms with Crippen LogP contribution in [0.5, 0.6) is 0 Å². The number of hydrogen-bond acceptors (Lipinski definition) is 3. The maximum Gasteiger partial charge on any atom is 0.302 e. The highest BCUT2D eigenvalue weighted by molar-refractivity contribution is 5.65. The van der Waals surface area contributed by atoms with Crippen LogP contribution in [0.1, 0.15) is 49.7 Å². The third-order valence-corrected chi connectivity index (χ3v) is 4.07. The minimum atomic E-state index is -0.232. The van der Waals surface area contributed by atoms with Crippen molar-refractivity contribution in [1.82, 2.24) is 0 Å². The van der Waals surface area contributed by atoms with Gasteiger partial charge in [0.1, 0.15) is 6.61 Å². The molecule has 0 bridgehead atoms. The lowest BCUT2D eigenvalue weighted by Gasteiger charge is -2.27. The molecule has 110 valence electrons. The second kappa shape index (κ2) is 7.64. The molecule has 0 amide bonds. The summed E-state index contributed by atoms with van der Waals surface area (Å²) in [5.74, 6) is 0.968. The van der Waals surface area contributed by atoms with Gasteiger partial charge in [-0.2, -0.15) is 5.26 Å². The number of hydrogen-bond donors (Lipinski definition) is 0. The fourth-order valence-electron chi connectivity index (χ4n) is 2.89. The smallest absolute Gasteiger partial charge is 0.302 e. The fourth-order valence-corrected chi connectivity index (χ4v) is 2.89. The Hall–Kier alpha value is -2.08. The van der Waals surface area contributed by atoms with E-state index in [1.807, 2.05) is 18.2 Å². The molecule has 1 aliphatic carbocycles. The van der Waals surface area contributed by atoms with Gasteiger partial charge in [0, 0.05) is 6.92 Å². The molecule has 21 heavy (non-hydrogen) atoms. The molecule has 0 N–H and O–H groups in total. The van der Waals surface area contributed by atoms with Crippen LogP contribution in [0.25, 0.3) is 0 Å². The lowest BCUT2D eigenvalue weighted by atomic mass is 9.78. The lowest BCUT2D eigenvalue weighted by molar-refractivity contribution is -0.139. The fraction of sp³-hybridized carbons (Fsp3) is 0.444. The molecule has 1 aromatic rings. The maximum atomic E-state index is 10.7. The van der Waals surface area contributed by atoms with E-state index in [9.17, 15) is 4.79 Å². The molecule has 2 rings (SSSR count). The van der Waals surface area contributed by atoms with Gasteiger partial charge in [0.2, 0.25) is 0 Å². The van der Waals surface area contributed by atoms with Crippen LogP contribution in [0, 0.1) is 17.2 Å². The molecular formula is C18H21NO2. The van der Waals surface area contributed by atoms with Crippen LogP contribution in [0.4, 0.5) is 0 Å². The molecule has 0 heterocycles. The number of allylic oxidation sites excluding steroid dienone is 1. The van der Waals surface area contributed by atoms with E-state index < -0.39 is 0 Å². The van der Waals surface area contributed by atoms with E-state index in [2.05, 4.69) is 24.3 Å². The summed E-state index contributed by atoms with van der Waals surface area (Å²) in [7, 11) is 0. The van der Waals surface area contributed by atoms with Crippen molar-refractivity contribution in [2.75, 3.05) is 6.61 Å². The molecule has 3 heteroatoms. The van der Waals surface area contributed by atoms with Crippen LogP contribution in [-0.2, 0) is 9.53 Å². The van der Waals surface area contributed by atoms with Crippen LogP contribution in [0.3, 0.4) is 0 Å². The second-order valence-electron chi connectivity index (χ2n) is 5.58. The van der Waals surface area contributed by atoms with Crippen LogP contribution in [-0.4, -0.2) is 12.6 Å². The number of nitriles is 1. The number of carbonyl (C=O) groups is 1. The SMILES string of the molecule is CC(=O)OCC=CC1CCC(c2ccc(C#N)cc2)CC1. The Labute approximate surface area is 126 Å². The van der Waals surface area contributed by atoms with Gasteiger partial charge in [0.15, 0.2) is 0 Å². The van der Waals surface area contributed by atoms with Crippen molar-refractivity contribution >= 4 is 5.97 Å². The molecule has 1 saturated carbocycles. The summed E-state index contributed by atoms with van der Waals surface area (Å²) in [6.45, 7) is 1.81. The first-order valence-corrected chi connectivity index (χ1v) is 7.49. The predicted octanol–water partition coefficient (Wildman–Crippen LogP) is 3.95. The summed E-state index contributed by atoms with van der Waals surface area (Å²) >= 11 is 0. The molecule has 0 saturated heterocycles. The predicted molar refractivity (Wildman–Crippen MR) is 81.6 cm³/mol. The molecule has 0 aliphatic heterocycles. The van der Waals surface area contributed by atoms with E-state index in [4.69, 9.17) is 10.00 Å². The topological polar surface area (TPSA) is 50.1 Å². The Balaban J connectivity index is 1.80. The van der Waals surface area contributed by atoms with Crippen molar-refractivity contribution < 1.29 is 9.53 Å². The summed E-state index contributed by atoms with van der Waals surface area (Å²) < 4.78 is 4.89. The van der Waals surface area contributed by atoms with Gasteiger partial charge in [-0.1, -0.05) is 24.3 Å². The minimum Gasteiger partial charge on any atom is -0.462 e. The van der Waals surface area contributed by atoms with Gasteiger partial charge in [-0.05, 0) is 55.2 Å². The van der Waals surface area contributed by atoms with Crippen LogP contribution >= 0.6 is 0 Å². The van der Waals surface area contributed by atoms with Crippen LogP contribution in [0.2, 0.25) is 0 Å². The highest BCUT2D eigenvalue weighted by atomic mass is 16.5. The highest BCUT2D eigenvalue weighted by Gasteiger charge is 2.20. The van der Waals surface area contributed by atoms with Crippen molar-refractivity contribution in [2.45, 2.75) is 38.5 Å². The second-order valence-corrected chi connectivity index (χ2v) is 5.58. The zero-order valence-electron chi connectivity index (χ0n) is 12.4. The Morgan fingerprint density at radius 3 is 2.52 bits per heavy atom. The van der Waals surface area contributed by atoms with Gasteiger partial charge in [0.25, 0.3) is 0 Å². The number of rotatable bonds is 4. The van der Waals surface area contributed by atoms with E-state index in [1.54, 1.807) is 0 Å². The number of carbonyl (C=O) groups excluding carboxylic acids is 1. The third kappa shape index (κ3) is 4.75. The monoisotopic (exact) mass is 283 g/mol. The van der Waals surface area contributed by atoms with Crippen molar-refractivity contribution in [1.29, 1.82) is 5.26 Å². The van der Waals surface area contributed by atoms with E-state index >= 15 is 0 Å². The zero-order valence-corrected chi connectivity index (χ0v) is 12.4. The average Bonchev–Trinajstić information content (AvgIpc) is 2.52. The van der Waals surface area contributed by atoms with Crippen molar-refractivity contribution in [3.63, 3.8) is 0 Å². The molecule has 0 unspecified atom stereocenters. The molecule has 3 nitrogen and oxygen atoms in total. The normalized spacial score (nSPS) is 21.9. The summed E-state index contributed by atoms with van der Waals surface area (Å²) in [6.07, 6.45) is 8.82. The standard InChI is InChI=1S/C18H21NO2/c1-14(20)21-12-2-3-15-4-8-17(9-5-15)18-10-6-16(13-19)7-11-18/h2-3,6-7,10-11,15,17H,4-5,8-9,12H2,1H3. The molecule has 0 atom stereocenters. The number of esters is 1. The van der Waals surface area contributed by atoms with Crippen molar-refractivity contribution in [3.8, 4) is 6.07 Å². The van der Waals surface area contributed by atoms with Gasteiger partial charge in [-0.3, -0.25) is 4.79 Å². The number of benzene rings is 1. The van der Waals surface area contributed by atoms with E-state index in [1.165, 1.54) is 38.2 Å².